The van der Waals surface area contributed by atoms with Crippen LogP contribution in [0.3, 0.4) is 0 Å². The molecule has 3 rings (SSSR count). The lowest BCUT2D eigenvalue weighted by atomic mass is 10.1. The van der Waals surface area contributed by atoms with E-state index >= 15 is 0 Å². The smallest absolute Gasteiger partial charge is 0.509 e. The molecule has 0 N–H and O–H groups in total. The SMILES string of the molecule is CN(C)c1ccc(/C=C/C2=CC(/C=C/c3ccc(N(C)C)cc3)OB(F)O2)cc1. The zero-order valence-corrected chi connectivity index (χ0v) is 17.2. The number of rotatable bonds is 6. The van der Waals surface area contributed by atoms with E-state index in [1.54, 1.807) is 12.2 Å². The van der Waals surface area contributed by atoms with E-state index in [0.29, 0.717) is 5.76 Å². The van der Waals surface area contributed by atoms with Crippen molar-refractivity contribution in [1.29, 1.82) is 0 Å². The fourth-order valence-corrected chi connectivity index (χ4v) is 2.85. The molecule has 0 amide bonds. The van der Waals surface area contributed by atoms with E-state index in [9.17, 15) is 4.32 Å². The quantitative estimate of drug-likeness (QED) is 0.660. The third-order valence-electron chi connectivity index (χ3n) is 4.56. The number of benzene rings is 2. The van der Waals surface area contributed by atoms with Crippen LogP contribution in [0.15, 0.2) is 72.5 Å². The van der Waals surface area contributed by atoms with Crippen molar-refractivity contribution in [2.45, 2.75) is 6.10 Å². The van der Waals surface area contributed by atoms with Crippen LogP contribution in [0.2, 0.25) is 0 Å². The van der Waals surface area contributed by atoms with Crippen molar-refractivity contribution in [3.8, 4) is 0 Å². The second-order valence-electron chi connectivity index (χ2n) is 7.23. The molecular formula is C23H26BFN2O2. The zero-order valence-electron chi connectivity index (χ0n) is 17.2. The van der Waals surface area contributed by atoms with Gasteiger partial charge in [-0.25, -0.2) is 4.32 Å². The summed E-state index contributed by atoms with van der Waals surface area (Å²) in [5.41, 5.74) is 4.28. The van der Waals surface area contributed by atoms with E-state index in [4.69, 9.17) is 9.31 Å². The van der Waals surface area contributed by atoms with Crippen molar-refractivity contribution in [3.63, 3.8) is 0 Å². The first-order chi connectivity index (χ1) is 13.9. The van der Waals surface area contributed by atoms with Crippen LogP contribution in [0, 0.1) is 0 Å². The fourth-order valence-electron chi connectivity index (χ4n) is 2.85. The Balaban J connectivity index is 1.68. The zero-order chi connectivity index (χ0) is 20.8. The second-order valence-corrected chi connectivity index (χ2v) is 7.23. The minimum Gasteiger partial charge on any atom is -0.509 e. The molecule has 0 aliphatic carbocycles. The minimum absolute atomic E-state index is 0.443. The average molecular weight is 392 g/mol. The molecule has 1 unspecified atom stereocenters. The van der Waals surface area contributed by atoms with Gasteiger partial charge in [0.25, 0.3) is 0 Å². The summed E-state index contributed by atoms with van der Waals surface area (Å²) in [7, 11) is 6.20. The van der Waals surface area contributed by atoms with Crippen LogP contribution < -0.4 is 9.80 Å². The summed E-state index contributed by atoms with van der Waals surface area (Å²) in [5, 5.41) is 0. The number of hydrogen-bond acceptors (Lipinski definition) is 4. The molecule has 4 nitrogen and oxygen atoms in total. The second kappa shape index (κ2) is 9.48. The molecule has 150 valence electrons. The number of allylic oxidation sites excluding steroid dienone is 1. The molecule has 2 aromatic rings. The highest BCUT2D eigenvalue weighted by atomic mass is 19.1. The molecular weight excluding hydrogens is 366 g/mol. The summed E-state index contributed by atoms with van der Waals surface area (Å²) in [6, 6.07) is 16.2. The average Bonchev–Trinajstić information content (AvgIpc) is 2.71. The summed E-state index contributed by atoms with van der Waals surface area (Å²) >= 11 is 0. The highest BCUT2D eigenvalue weighted by Gasteiger charge is 2.29. The van der Waals surface area contributed by atoms with Crippen LogP contribution in [0.25, 0.3) is 12.2 Å². The van der Waals surface area contributed by atoms with Gasteiger partial charge >= 0.3 is 7.40 Å². The van der Waals surface area contributed by atoms with Gasteiger partial charge in [-0.3, -0.25) is 0 Å². The van der Waals surface area contributed by atoms with Crippen LogP contribution in [0.1, 0.15) is 11.1 Å². The van der Waals surface area contributed by atoms with Crippen LogP contribution in [-0.2, 0) is 9.31 Å². The third-order valence-corrected chi connectivity index (χ3v) is 4.56. The molecule has 1 aliphatic rings. The Kier molecular flexibility index (Phi) is 6.78. The maximum Gasteiger partial charge on any atom is 0.755 e. The molecule has 29 heavy (non-hydrogen) atoms. The summed E-state index contributed by atoms with van der Waals surface area (Å²) in [6.45, 7) is 0. The van der Waals surface area contributed by atoms with Crippen LogP contribution >= 0.6 is 0 Å². The van der Waals surface area contributed by atoms with Gasteiger partial charge in [0.1, 0.15) is 5.76 Å². The molecule has 0 saturated heterocycles. The lowest BCUT2D eigenvalue weighted by Gasteiger charge is -2.20. The summed E-state index contributed by atoms with van der Waals surface area (Å²) in [5.74, 6) is 0.443. The van der Waals surface area contributed by atoms with Gasteiger partial charge in [0, 0.05) is 39.6 Å². The van der Waals surface area contributed by atoms with Gasteiger partial charge < -0.3 is 19.1 Å². The fraction of sp³-hybridized carbons (Fsp3) is 0.217. The van der Waals surface area contributed by atoms with Crippen LogP contribution in [0.5, 0.6) is 0 Å². The molecule has 1 heterocycles. The molecule has 0 saturated carbocycles. The molecule has 0 spiro atoms. The molecule has 0 radical (unpaired) electrons. The van der Waals surface area contributed by atoms with Gasteiger partial charge in [-0.1, -0.05) is 42.5 Å². The Morgan fingerprint density at radius 3 is 1.83 bits per heavy atom. The number of anilines is 2. The summed E-state index contributed by atoms with van der Waals surface area (Å²) in [4.78, 5) is 4.08. The van der Waals surface area contributed by atoms with Crippen LogP contribution in [-0.4, -0.2) is 41.7 Å². The monoisotopic (exact) mass is 392 g/mol. The van der Waals surface area contributed by atoms with Crippen LogP contribution in [0.4, 0.5) is 15.7 Å². The van der Waals surface area contributed by atoms with Crippen molar-refractivity contribution >= 4 is 30.9 Å². The maximum absolute atomic E-state index is 13.9. The predicted molar refractivity (Wildman–Crippen MR) is 121 cm³/mol. The predicted octanol–water partition coefficient (Wildman–Crippen LogP) is 4.80. The molecule has 0 bridgehead atoms. The molecule has 1 aliphatic heterocycles. The number of nitrogens with zero attached hydrogens (tertiary/aromatic N) is 2. The Hall–Kier alpha value is -2.99. The van der Waals surface area contributed by atoms with Crippen molar-refractivity contribution in [2.24, 2.45) is 0 Å². The Morgan fingerprint density at radius 1 is 0.793 bits per heavy atom. The Morgan fingerprint density at radius 2 is 1.31 bits per heavy atom. The first-order valence-electron chi connectivity index (χ1n) is 9.50. The highest BCUT2D eigenvalue weighted by molar-refractivity contribution is 6.36. The van der Waals surface area contributed by atoms with E-state index in [1.807, 2.05) is 105 Å². The lowest BCUT2D eigenvalue weighted by Crippen LogP contribution is -2.27. The molecule has 6 heteroatoms. The normalized spacial score (nSPS) is 16.8. The number of halogens is 1. The van der Waals surface area contributed by atoms with Gasteiger partial charge in [0.05, 0.1) is 6.10 Å². The first kappa shape index (κ1) is 20.7. The summed E-state index contributed by atoms with van der Waals surface area (Å²) in [6.07, 6.45) is 8.64. The van der Waals surface area contributed by atoms with E-state index in [2.05, 4.69) is 0 Å². The van der Waals surface area contributed by atoms with Gasteiger partial charge in [0.15, 0.2) is 0 Å². The van der Waals surface area contributed by atoms with Gasteiger partial charge in [-0.05, 0) is 47.5 Å². The molecule has 2 aromatic carbocycles. The van der Waals surface area contributed by atoms with Gasteiger partial charge in [-0.2, -0.15) is 0 Å². The van der Waals surface area contributed by atoms with E-state index in [0.717, 1.165) is 22.5 Å². The van der Waals surface area contributed by atoms with E-state index < -0.39 is 13.5 Å². The molecule has 0 aromatic heterocycles. The maximum atomic E-state index is 13.9. The van der Waals surface area contributed by atoms with Gasteiger partial charge in [-0.15, -0.1) is 0 Å². The largest absolute Gasteiger partial charge is 0.755 e. The minimum atomic E-state index is -1.79. The van der Waals surface area contributed by atoms with E-state index in [-0.39, 0.29) is 0 Å². The van der Waals surface area contributed by atoms with Gasteiger partial charge in [0.2, 0.25) is 0 Å². The Bertz CT molecular complexity index is 890. The van der Waals surface area contributed by atoms with Crippen molar-refractivity contribution in [1.82, 2.24) is 0 Å². The Labute approximate surface area is 172 Å². The third kappa shape index (κ3) is 5.99. The first-order valence-corrected chi connectivity index (χ1v) is 9.50. The molecule has 0 fully saturated rings. The molecule has 1 atom stereocenters. The standard InChI is InChI=1S/C23H26BFN2O2/c1-26(2)20-11-5-18(6-12-20)9-15-22-17-23(29-24(25)28-22)16-10-19-7-13-21(14-8-19)27(3)4/h5-17,22H,1-4H3/b15-9+,16-10+. The van der Waals surface area contributed by atoms with E-state index in [1.165, 1.54) is 0 Å². The summed E-state index contributed by atoms with van der Waals surface area (Å²) < 4.78 is 24.2. The van der Waals surface area contributed by atoms with Crippen molar-refractivity contribution < 1.29 is 13.6 Å². The highest BCUT2D eigenvalue weighted by Crippen LogP contribution is 2.20. The van der Waals surface area contributed by atoms with Crippen molar-refractivity contribution in [3.05, 3.63) is 83.6 Å². The van der Waals surface area contributed by atoms with Crippen molar-refractivity contribution in [2.75, 3.05) is 38.0 Å². The lowest BCUT2D eigenvalue weighted by molar-refractivity contribution is 0.163. The topological polar surface area (TPSA) is 24.9 Å². The number of hydrogen-bond donors (Lipinski definition) is 0.